The highest BCUT2D eigenvalue weighted by molar-refractivity contribution is 6.31. The van der Waals surface area contributed by atoms with Gasteiger partial charge in [0, 0.05) is 17.4 Å². The lowest BCUT2D eigenvalue weighted by molar-refractivity contribution is -0.137. The molecule has 0 saturated heterocycles. The zero-order valence-corrected chi connectivity index (χ0v) is 18.4. The van der Waals surface area contributed by atoms with E-state index in [1.165, 1.54) is 29.1 Å². The van der Waals surface area contributed by atoms with Gasteiger partial charge in [0.25, 0.3) is 0 Å². The Kier molecular flexibility index (Phi) is 6.87. The first-order chi connectivity index (χ1) is 16.7. The van der Waals surface area contributed by atoms with Crippen LogP contribution in [0.25, 0.3) is 5.69 Å². The second-order valence-corrected chi connectivity index (χ2v) is 7.60. The van der Waals surface area contributed by atoms with E-state index in [2.05, 4.69) is 20.9 Å². The largest absolute Gasteiger partial charge is 0.487 e. The molecule has 2 amide bonds. The topological polar surface area (TPSA) is 81.1 Å². The average molecular weight is 506 g/mol. The molecular weight excluding hydrogens is 490 g/mol. The van der Waals surface area contributed by atoms with E-state index in [9.17, 15) is 22.4 Å². The Morgan fingerprint density at radius 3 is 2.49 bits per heavy atom. The summed E-state index contributed by atoms with van der Waals surface area (Å²) in [6, 6.07) is 14.7. The Labute approximate surface area is 201 Å². The van der Waals surface area contributed by atoms with E-state index in [1.807, 2.05) is 0 Å². The Balaban J connectivity index is 1.37. The average Bonchev–Trinajstić information content (AvgIpc) is 3.27. The minimum atomic E-state index is -4.66. The molecule has 2 N–H and O–H groups in total. The highest BCUT2D eigenvalue weighted by Crippen LogP contribution is 2.36. The molecule has 4 aromatic rings. The van der Waals surface area contributed by atoms with Crippen LogP contribution in [-0.2, 0) is 12.8 Å². The number of halogens is 5. The number of nitrogens with zero attached hydrogens (tertiary/aromatic N) is 3. The number of carbonyl (C=O) groups excluding carboxylic acids is 1. The molecule has 0 aliphatic carbocycles. The lowest BCUT2D eigenvalue weighted by Gasteiger charge is -2.13. The Bertz CT molecular complexity index is 1360. The highest BCUT2D eigenvalue weighted by atomic mass is 35.5. The van der Waals surface area contributed by atoms with Crippen LogP contribution >= 0.6 is 11.6 Å². The van der Waals surface area contributed by atoms with Gasteiger partial charge in [-0.2, -0.15) is 13.2 Å². The summed E-state index contributed by atoms with van der Waals surface area (Å²) in [5.41, 5.74) is -0.122. The molecule has 180 valence electrons. The van der Waals surface area contributed by atoms with Gasteiger partial charge in [-0.3, -0.25) is 0 Å². The maximum atomic E-state index is 13.9. The number of para-hydroxylation sites is 1. The first kappa shape index (κ1) is 24.0. The molecule has 0 radical (unpaired) electrons. The van der Waals surface area contributed by atoms with E-state index in [0.717, 1.165) is 12.1 Å². The van der Waals surface area contributed by atoms with E-state index in [4.69, 9.17) is 16.3 Å². The number of amides is 2. The number of hydrogen-bond donors (Lipinski definition) is 2. The number of ether oxygens (including phenoxy) is 1. The summed E-state index contributed by atoms with van der Waals surface area (Å²) in [5.74, 6) is -0.0655. The van der Waals surface area contributed by atoms with Crippen molar-refractivity contribution in [3.63, 3.8) is 0 Å². The molecule has 0 saturated carbocycles. The highest BCUT2D eigenvalue weighted by Gasteiger charge is 2.33. The van der Waals surface area contributed by atoms with Crippen molar-refractivity contribution >= 4 is 29.0 Å². The Morgan fingerprint density at radius 2 is 1.74 bits per heavy atom. The predicted octanol–water partition coefficient (Wildman–Crippen LogP) is 6.30. The van der Waals surface area contributed by atoms with Crippen LogP contribution in [0.4, 0.5) is 33.7 Å². The monoisotopic (exact) mass is 505 g/mol. The molecule has 1 aromatic heterocycles. The molecule has 0 aliphatic rings. The summed E-state index contributed by atoms with van der Waals surface area (Å²) >= 11 is 5.59. The van der Waals surface area contributed by atoms with Gasteiger partial charge >= 0.3 is 12.2 Å². The van der Waals surface area contributed by atoms with Crippen LogP contribution in [0.1, 0.15) is 11.3 Å². The van der Waals surface area contributed by atoms with Crippen molar-refractivity contribution < 1.29 is 27.1 Å². The van der Waals surface area contributed by atoms with E-state index in [0.29, 0.717) is 17.1 Å². The van der Waals surface area contributed by atoms with E-state index >= 15 is 0 Å². The Morgan fingerprint density at radius 1 is 1.00 bits per heavy atom. The zero-order valence-electron chi connectivity index (χ0n) is 17.7. The normalized spacial score (nSPS) is 11.2. The van der Waals surface area contributed by atoms with E-state index in [-0.39, 0.29) is 18.0 Å². The molecule has 4 rings (SSSR count). The molecule has 1 heterocycles. The molecule has 0 fully saturated rings. The van der Waals surface area contributed by atoms with Crippen LogP contribution in [0.15, 0.2) is 72.9 Å². The van der Waals surface area contributed by atoms with Crippen molar-refractivity contribution in [1.82, 2.24) is 15.0 Å². The van der Waals surface area contributed by atoms with Gasteiger partial charge in [-0.25, -0.2) is 13.9 Å². The smallest absolute Gasteiger partial charge is 0.417 e. The van der Waals surface area contributed by atoms with E-state index in [1.54, 1.807) is 36.4 Å². The third kappa shape index (κ3) is 6.07. The first-order valence-corrected chi connectivity index (χ1v) is 10.4. The first-order valence-electron chi connectivity index (χ1n) is 10.0. The number of carbonyl (C=O) groups is 1. The summed E-state index contributed by atoms with van der Waals surface area (Å²) in [7, 11) is 0. The number of benzene rings is 3. The van der Waals surface area contributed by atoms with Crippen LogP contribution in [0.2, 0.25) is 5.02 Å². The maximum Gasteiger partial charge on any atom is 0.417 e. The van der Waals surface area contributed by atoms with Crippen LogP contribution in [0, 0.1) is 5.82 Å². The lowest BCUT2D eigenvalue weighted by Crippen LogP contribution is -2.20. The van der Waals surface area contributed by atoms with Crippen LogP contribution in [-0.4, -0.2) is 21.0 Å². The number of alkyl halides is 3. The van der Waals surface area contributed by atoms with Crippen LogP contribution in [0.5, 0.6) is 5.75 Å². The number of aromatic nitrogens is 3. The van der Waals surface area contributed by atoms with Crippen LogP contribution < -0.4 is 15.4 Å². The van der Waals surface area contributed by atoms with Crippen molar-refractivity contribution in [1.29, 1.82) is 0 Å². The van der Waals surface area contributed by atoms with Gasteiger partial charge in [-0.15, -0.1) is 5.10 Å². The predicted molar refractivity (Wildman–Crippen MR) is 121 cm³/mol. The molecule has 12 heteroatoms. The van der Waals surface area contributed by atoms with Gasteiger partial charge in [0.15, 0.2) is 0 Å². The number of hydrogen-bond acceptors (Lipinski definition) is 4. The summed E-state index contributed by atoms with van der Waals surface area (Å²) in [6.45, 7) is 0.0229. The third-order valence-electron chi connectivity index (χ3n) is 4.65. The number of anilines is 2. The fraction of sp³-hybridized carbons (Fsp3) is 0.0870. The van der Waals surface area contributed by atoms with Gasteiger partial charge in [0.1, 0.15) is 29.6 Å². The quantitative estimate of drug-likeness (QED) is 0.301. The summed E-state index contributed by atoms with van der Waals surface area (Å²) in [4.78, 5) is 12.3. The van der Waals surface area contributed by atoms with Crippen molar-refractivity contribution in [2.24, 2.45) is 0 Å². The molecule has 3 aromatic carbocycles. The summed E-state index contributed by atoms with van der Waals surface area (Å²) < 4.78 is 59.9. The third-order valence-corrected chi connectivity index (χ3v) is 4.98. The van der Waals surface area contributed by atoms with Gasteiger partial charge in [-0.1, -0.05) is 35.0 Å². The molecule has 0 unspecified atom stereocenters. The van der Waals surface area contributed by atoms with Gasteiger partial charge < -0.3 is 15.4 Å². The fourth-order valence-corrected chi connectivity index (χ4v) is 3.28. The summed E-state index contributed by atoms with van der Waals surface area (Å²) in [6.07, 6.45) is -3.13. The van der Waals surface area contributed by atoms with Crippen molar-refractivity contribution in [3.8, 4) is 11.4 Å². The SMILES string of the molecule is O=C(Nc1cccc(OCc2cn(-c3ccccc3F)nn2)c1)Nc1ccc(Cl)c(C(F)(F)F)c1. The van der Waals surface area contributed by atoms with E-state index < -0.39 is 28.6 Å². The maximum absolute atomic E-state index is 13.9. The molecule has 35 heavy (non-hydrogen) atoms. The molecule has 0 bridgehead atoms. The van der Waals surface area contributed by atoms with Crippen molar-refractivity contribution in [2.45, 2.75) is 12.8 Å². The minimum absolute atomic E-state index is 0.0229. The number of nitrogens with one attached hydrogen (secondary N) is 2. The molecule has 0 atom stereocenters. The summed E-state index contributed by atoms with van der Waals surface area (Å²) in [5, 5.41) is 12.2. The van der Waals surface area contributed by atoms with Gasteiger partial charge in [0.05, 0.1) is 16.8 Å². The number of urea groups is 1. The molecule has 7 nitrogen and oxygen atoms in total. The Hall–Kier alpha value is -4.12. The fourth-order valence-electron chi connectivity index (χ4n) is 3.05. The van der Waals surface area contributed by atoms with Gasteiger partial charge in [0.2, 0.25) is 0 Å². The number of rotatable bonds is 6. The zero-order chi connectivity index (χ0) is 25.0. The van der Waals surface area contributed by atoms with Crippen LogP contribution in [0.3, 0.4) is 0 Å². The molecule has 0 aliphatic heterocycles. The minimum Gasteiger partial charge on any atom is -0.487 e. The van der Waals surface area contributed by atoms with Crippen molar-refractivity contribution in [3.05, 3.63) is 95.0 Å². The second-order valence-electron chi connectivity index (χ2n) is 7.19. The molecule has 0 spiro atoms. The van der Waals surface area contributed by atoms with Gasteiger partial charge in [-0.05, 0) is 42.5 Å². The lowest BCUT2D eigenvalue weighted by atomic mass is 10.2. The van der Waals surface area contributed by atoms with Crippen molar-refractivity contribution in [2.75, 3.05) is 10.6 Å². The standard InChI is InChI=1S/C23H16ClF4N5O2/c24-19-9-8-15(11-18(19)23(26,27)28)30-22(34)29-14-4-3-5-17(10-14)35-13-16-12-33(32-31-16)21-7-2-1-6-20(21)25/h1-12H,13H2,(H2,29,30,34). The molecular formula is C23H16ClF4N5O2. The second kappa shape index (κ2) is 10.0.